The fourth-order valence-corrected chi connectivity index (χ4v) is 3.23. The Balaban J connectivity index is 2.46. The van der Waals surface area contributed by atoms with Crippen LogP contribution >= 0.6 is 22.9 Å². The second-order valence-electron chi connectivity index (χ2n) is 4.47. The maximum absolute atomic E-state index is 13.6. The second-order valence-corrected chi connectivity index (χ2v) is 5.76. The van der Waals surface area contributed by atoms with E-state index in [-0.39, 0.29) is 5.82 Å². The van der Waals surface area contributed by atoms with E-state index in [4.69, 9.17) is 11.6 Å². The molecule has 1 aromatic heterocycles. The molecule has 1 unspecified atom stereocenters. The number of thiophene rings is 1. The molecule has 0 saturated heterocycles. The number of rotatable bonds is 2. The van der Waals surface area contributed by atoms with Gasteiger partial charge in [-0.05, 0) is 48.4 Å². The third-order valence-electron chi connectivity index (χ3n) is 2.95. The van der Waals surface area contributed by atoms with Crippen LogP contribution in [-0.2, 0) is 0 Å². The van der Waals surface area contributed by atoms with Gasteiger partial charge in [-0.25, -0.2) is 4.39 Å². The van der Waals surface area contributed by atoms with Gasteiger partial charge in [0, 0.05) is 0 Å². The first-order chi connectivity index (χ1) is 8.41. The number of benzene rings is 1. The molecule has 96 valence electrons. The molecule has 2 rings (SSSR count). The standard InChI is InChI=1S/C14H14ClFOS/c1-7-4-10(5-8(2)12(7)16)13(17)14-11(15)9(3)6-18-14/h4-6,13,17H,1-3H3. The Labute approximate surface area is 115 Å². The fourth-order valence-electron chi connectivity index (χ4n) is 1.92. The zero-order valence-corrected chi connectivity index (χ0v) is 12.0. The van der Waals surface area contributed by atoms with Crippen molar-refractivity contribution in [1.82, 2.24) is 0 Å². The van der Waals surface area contributed by atoms with Crippen molar-refractivity contribution in [2.45, 2.75) is 26.9 Å². The Bertz CT molecular complexity index is 568. The lowest BCUT2D eigenvalue weighted by Crippen LogP contribution is -2.01. The quantitative estimate of drug-likeness (QED) is 0.858. The molecule has 0 radical (unpaired) electrons. The molecule has 1 heterocycles. The number of hydrogen-bond acceptors (Lipinski definition) is 2. The van der Waals surface area contributed by atoms with Gasteiger partial charge in [0.2, 0.25) is 0 Å². The van der Waals surface area contributed by atoms with Crippen molar-refractivity contribution in [3.63, 3.8) is 0 Å². The monoisotopic (exact) mass is 284 g/mol. The van der Waals surface area contributed by atoms with Crippen LogP contribution in [0, 0.1) is 26.6 Å². The summed E-state index contributed by atoms with van der Waals surface area (Å²) < 4.78 is 13.6. The topological polar surface area (TPSA) is 20.2 Å². The first-order valence-corrected chi connectivity index (χ1v) is 6.85. The van der Waals surface area contributed by atoms with Crippen LogP contribution < -0.4 is 0 Å². The van der Waals surface area contributed by atoms with Crippen LogP contribution in [0.25, 0.3) is 0 Å². The van der Waals surface area contributed by atoms with E-state index in [2.05, 4.69) is 0 Å². The third kappa shape index (κ3) is 2.30. The van der Waals surface area contributed by atoms with Crippen molar-refractivity contribution in [2.75, 3.05) is 0 Å². The Morgan fingerprint density at radius 1 is 1.17 bits per heavy atom. The van der Waals surface area contributed by atoms with Gasteiger partial charge < -0.3 is 5.11 Å². The fraction of sp³-hybridized carbons (Fsp3) is 0.286. The van der Waals surface area contributed by atoms with E-state index < -0.39 is 6.10 Å². The molecule has 0 aliphatic carbocycles. The number of aliphatic hydroxyl groups is 1. The molecular formula is C14H14ClFOS. The molecule has 4 heteroatoms. The number of hydrogen-bond donors (Lipinski definition) is 1. The molecule has 0 spiro atoms. The summed E-state index contributed by atoms with van der Waals surface area (Å²) in [5.74, 6) is -0.223. The van der Waals surface area contributed by atoms with Crippen molar-refractivity contribution in [1.29, 1.82) is 0 Å². The number of aryl methyl sites for hydroxylation is 3. The SMILES string of the molecule is Cc1cc(C(O)c2scc(C)c2Cl)cc(C)c1F. The highest BCUT2D eigenvalue weighted by atomic mass is 35.5. The number of aliphatic hydroxyl groups excluding tert-OH is 1. The Morgan fingerprint density at radius 2 is 1.72 bits per heavy atom. The van der Waals surface area contributed by atoms with Gasteiger partial charge in [-0.2, -0.15) is 0 Å². The summed E-state index contributed by atoms with van der Waals surface area (Å²) in [5, 5.41) is 12.8. The number of halogens is 2. The summed E-state index contributed by atoms with van der Waals surface area (Å²) >= 11 is 7.56. The Morgan fingerprint density at radius 3 is 2.17 bits per heavy atom. The van der Waals surface area contributed by atoms with Gasteiger partial charge in [-0.3, -0.25) is 0 Å². The maximum atomic E-state index is 13.6. The summed E-state index contributed by atoms with van der Waals surface area (Å²) in [6, 6.07) is 3.33. The average Bonchev–Trinajstić information content (AvgIpc) is 2.65. The molecule has 1 N–H and O–H groups in total. The summed E-state index contributed by atoms with van der Waals surface area (Å²) in [6.07, 6.45) is -0.797. The molecule has 0 saturated carbocycles. The zero-order chi connectivity index (χ0) is 13.4. The molecule has 2 aromatic rings. The minimum Gasteiger partial charge on any atom is -0.383 e. The van der Waals surface area contributed by atoms with Gasteiger partial charge in [0.1, 0.15) is 11.9 Å². The lowest BCUT2D eigenvalue weighted by molar-refractivity contribution is 0.224. The van der Waals surface area contributed by atoms with E-state index in [1.54, 1.807) is 26.0 Å². The van der Waals surface area contributed by atoms with Crippen LogP contribution in [-0.4, -0.2) is 5.11 Å². The molecule has 0 aliphatic rings. The van der Waals surface area contributed by atoms with E-state index in [0.29, 0.717) is 26.6 Å². The van der Waals surface area contributed by atoms with E-state index >= 15 is 0 Å². The average molecular weight is 285 g/mol. The lowest BCUT2D eigenvalue weighted by Gasteiger charge is -2.13. The van der Waals surface area contributed by atoms with Gasteiger partial charge in [-0.15, -0.1) is 11.3 Å². The highest BCUT2D eigenvalue weighted by Gasteiger charge is 2.19. The van der Waals surface area contributed by atoms with Crippen LogP contribution in [0.15, 0.2) is 17.5 Å². The van der Waals surface area contributed by atoms with Gasteiger partial charge in [0.25, 0.3) is 0 Å². The van der Waals surface area contributed by atoms with Crippen molar-refractivity contribution >= 4 is 22.9 Å². The summed E-state index contributed by atoms with van der Waals surface area (Å²) in [4.78, 5) is 0.708. The van der Waals surface area contributed by atoms with E-state index in [1.165, 1.54) is 11.3 Å². The van der Waals surface area contributed by atoms with Gasteiger partial charge in [0.15, 0.2) is 0 Å². The third-order valence-corrected chi connectivity index (χ3v) is 4.71. The molecule has 1 nitrogen and oxygen atoms in total. The predicted molar refractivity (Wildman–Crippen MR) is 74.0 cm³/mol. The minimum absolute atomic E-state index is 0.223. The maximum Gasteiger partial charge on any atom is 0.129 e. The first kappa shape index (κ1) is 13.5. The van der Waals surface area contributed by atoms with E-state index in [0.717, 1.165) is 5.56 Å². The highest BCUT2D eigenvalue weighted by molar-refractivity contribution is 7.10. The van der Waals surface area contributed by atoms with Crippen LogP contribution in [0.5, 0.6) is 0 Å². The Kier molecular flexibility index (Phi) is 3.76. The Hall–Kier alpha value is -0.900. The molecule has 0 amide bonds. The molecule has 1 aromatic carbocycles. The van der Waals surface area contributed by atoms with Gasteiger partial charge in [0.05, 0.1) is 9.90 Å². The van der Waals surface area contributed by atoms with Gasteiger partial charge in [-0.1, -0.05) is 23.7 Å². The molecule has 0 aliphatic heterocycles. The van der Waals surface area contributed by atoms with Crippen molar-refractivity contribution in [3.05, 3.63) is 55.5 Å². The van der Waals surface area contributed by atoms with Crippen LogP contribution in [0.4, 0.5) is 4.39 Å². The van der Waals surface area contributed by atoms with Crippen molar-refractivity contribution in [3.8, 4) is 0 Å². The molecule has 0 fully saturated rings. The predicted octanol–water partition coefficient (Wildman–Crippen LogP) is 4.55. The van der Waals surface area contributed by atoms with Crippen LogP contribution in [0.2, 0.25) is 5.02 Å². The molecule has 0 bridgehead atoms. The summed E-state index contributed by atoms with van der Waals surface area (Å²) in [7, 11) is 0. The molecule has 18 heavy (non-hydrogen) atoms. The lowest BCUT2D eigenvalue weighted by atomic mass is 10.0. The second kappa shape index (κ2) is 5.00. The highest BCUT2D eigenvalue weighted by Crippen LogP contribution is 2.36. The molecular weight excluding hydrogens is 271 g/mol. The zero-order valence-electron chi connectivity index (χ0n) is 10.4. The van der Waals surface area contributed by atoms with Crippen LogP contribution in [0.3, 0.4) is 0 Å². The smallest absolute Gasteiger partial charge is 0.129 e. The van der Waals surface area contributed by atoms with E-state index in [9.17, 15) is 9.50 Å². The molecule has 1 atom stereocenters. The minimum atomic E-state index is -0.797. The first-order valence-electron chi connectivity index (χ1n) is 5.60. The largest absolute Gasteiger partial charge is 0.383 e. The van der Waals surface area contributed by atoms with Crippen LogP contribution in [0.1, 0.15) is 33.2 Å². The summed E-state index contributed by atoms with van der Waals surface area (Å²) in [6.45, 7) is 5.29. The van der Waals surface area contributed by atoms with Crippen molar-refractivity contribution in [2.24, 2.45) is 0 Å². The van der Waals surface area contributed by atoms with Crippen molar-refractivity contribution < 1.29 is 9.50 Å². The van der Waals surface area contributed by atoms with Gasteiger partial charge >= 0.3 is 0 Å². The van der Waals surface area contributed by atoms with E-state index in [1.807, 2.05) is 12.3 Å². The normalized spacial score (nSPS) is 12.8. The summed E-state index contributed by atoms with van der Waals surface area (Å²) in [5.41, 5.74) is 2.70.